The molecule has 0 spiro atoms. The van der Waals surface area contributed by atoms with Crippen LogP contribution in [-0.4, -0.2) is 21.3 Å². The zero-order valence-corrected chi connectivity index (χ0v) is 9.73. The van der Waals surface area contributed by atoms with E-state index in [4.69, 9.17) is 10.8 Å². The molecule has 0 saturated carbocycles. The van der Waals surface area contributed by atoms with Gasteiger partial charge in [-0.15, -0.1) is 0 Å². The Morgan fingerprint density at radius 2 is 2.11 bits per heavy atom. The Hall–Kier alpha value is -2.30. The molecular weight excluding hydrogens is 230 g/mol. The first kappa shape index (κ1) is 10.8. The maximum absolute atomic E-state index is 11.1. The van der Waals surface area contributed by atoms with Gasteiger partial charge in [-0.2, -0.15) is 5.10 Å². The number of carbonyl (C=O) groups is 1. The molecule has 92 valence electrons. The second-order valence-electron chi connectivity index (χ2n) is 4.50. The number of hydrogen-bond acceptors (Lipinski definition) is 3. The number of hydrogen-bond donors (Lipinski definition) is 3. The average molecular weight is 243 g/mol. The molecule has 0 saturated heterocycles. The highest BCUT2D eigenvalue weighted by atomic mass is 16.4. The lowest BCUT2D eigenvalue weighted by molar-refractivity contribution is 0.0691. The summed E-state index contributed by atoms with van der Waals surface area (Å²) in [7, 11) is 0. The van der Waals surface area contributed by atoms with Crippen LogP contribution in [0.15, 0.2) is 18.2 Å². The summed E-state index contributed by atoms with van der Waals surface area (Å²) in [6.45, 7) is 0. The fourth-order valence-electron chi connectivity index (χ4n) is 2.53. The van der Waals surface area contributed by atoms with E-state index in [-0.39, 0.29) is 11.5 Å². The number of nitrogens with two attached hydrogens (primary N) is 1. The molecule has 0 unspecified atom stereocenters. The first-order valence-electron chi connectivity index (χ1n) is 5.86. The summed E-state index contributed by atoms with van der Waals surface area (Å²) in [5.74, 6) is -0.819. The monoisotopic (exact) mass is 243 g/mol. The number of aromatic carboxylic acids is 1. The first-order valence-corrected chi connectivity index (χ1v) is 5.86. The Morgan fingerprint density at radius 3 is 2.89 bits per heavy atom. The Morgan fingerprint density at radius 1 is 1.33 bits per heavy atom. The average Bonchev–Trinajstić information content (AvgIpc) is 2.93. The van der Waals surface area contributed by atoms with Crippen molar-refractivity contribution in [2.24, 2.45) is 0 Å². The van der Waals surface area contributed by atoms with Crippen LogP contribution < -0.4 is 5.73 Å². The van der Waals surface area contributed by atoms with Gasteiger partial charge in [0.25, 0.3) is 0 Å². The van der Waals surface area contributed by atoms with Crippen LogP contribution in [0.1, 0.15) is 28.0 Å². The molecule has 0 aliphatic heterocycles. The summed E-state index contributed by atoms with van der Waals surface area (Å²) in [5, 5.41) is 15.4. The number of benzene rings is 1. The van der Waals surface area contributed by atoms with Gasteiger partial charge in [-0.1, -0.05) is 18.2 Å². The Labute approximate surface area is 104 Å². The summed E-state index contributed by atoms with van der Waals surface area (Å²) < 4.78 is 0. The Bertz CT molecular complexity index is 631. The van der Waals surface area contributed by atoms with Gasteiger partial charge < -0.3 is 10.8 Å². The standard InChI is InChI=1S/C13H13N3O2/c14-12-10(11(13(17)18)15-16-12)9-5-4-7-2-1-3-8(7)6-9/h4-6H,1-3H2,(H,17,18)(H3,14,15,16). The second kappa shape index (κ2) is 3.87. The minimum absolute atomic E-state index is 0.0467. The number of H-pyrrole nitrogens is 1. The molecule has 2 aromatic rings. The predicted octanol–water partition coefficient (Wildman–Crippen LogP) is 1.85. The Balaban J connectivity index is 2.15. The summed E-state index contributed by atoms with van der Waals surface area (Å²) in [4.78, 5) is 11.1. The predicted molar refractivity (Wildman–Crippen MR) is 67.4 cm³/mol. The molecule has 1 aromatic heterocycles. The molecule has 1 aromatic carbocycles. The van der Waals surface area contributed by atoms with Gasteiger partial charge in [0.2, 0.25) is 0 Å². The van der Waals surface area contributed by atoms with Crippen molar-refractivity contribution in [3.8, 4) is 11.1 Å². The zero-order chi connectivity index (χ0) is 12.7. The highest BCUT2D eigenvalue weighted by molar-refractivity contribution is 5.97. The topological polar surface area (TPSA) is 92.0 Å². The first-order chi connectivity index (χ1) is 8.66. The molecule has 3 rings (SSSR count). The van der Waals surface area contributed by atoms with Crippen LogP contribution in [0, 0.1) is 0 Å². The molecule has 18 heavy (non-hydrogen) atoms. The minimum atomic E-state index is -1.05. The van der Waals surface area contributed by atoms with Crippen molar-refractivity contribution in [3.63, 3.8) is 0 Å². The number of aromatic amines is 1. The molecule has 0 radical (unpaired) electrons. The highest BCUT2D eigenvalue weighted by Gasteiger charge is 2.20. The van der Waals surface area contributed by atoms with Gasteiger partial charge >= 0.3 is 5.97 Å². The fraction of sp³-hybridized carbons (Fsp3) is 0.231. The number of aryl methyl sites for hydroxylation is 2. The molecule has 1 aliphatic rings. The van der Waals surface area contributed by atoms with Gasteiger partial charge in [0, 0.05) is 0 Å². The number of aromatic nitrogens is 2. The number of carboxylic acid groups (broad SMARTS) is 1. The van der Waals surface area contributed by atoms with Crippen molar-refractivity contribution in [2.45, 2.75) is 19.3 Å². The third kappa shape index (κ3) is 1.55. The lowest BCUT2D eigenvalue weighted by Crippen LogP contribution is -2.00. The van der Waals surface area contributed by atoms with E-state index in [1.165, 1.54) is 11.1 Å². The van der Waals surface area contributed by atoms with Gasteiger partial charge in [-0.3, -0.25) is 5.10 Å². The number of fused-ring (bicyclic) bond motifs is 1. The number of nitrogens with one attached hydrogen (secondary N) is 1. The van der Waals surface area contributed by atoms with E-state index >= 15 is 0 Å². The van der Waals surface area contributed by atoms with E-state index in [1.807, 2.05) is 12.1 Å². The second-order valence-corrected chi connectivity index (χ2v) is 4.50. The zero-order valence-electron chi connectivity index (χ0n) is 9.73. The fourth-order valence-corrected chi connectivity index (χ4v) is 2.53. The lowest BCUT2D eigenvalue weighted by atomic mass is 10.0. The van der Waals surface area contributed by atoms with E-state index in [2.05, 4.69) is 16.3 Å². The lowest BCUT2D eigenvalue weighted by Gasteiger charge is -2.05. The van der Waals surface area contributed by atoms with Gasteiger partial charge in [0.15, 0.2) is 11.5 Å². The van der Waals surface area contributed by atoms with Crippen LogP contribution in [0.4, 0.5) is 5.82 Å². The van der Waals surface area contributed by atoms with Gasteiger partial charge in [-0.05, 0) is 36.0 Å². The molecule has 0 amide bonds. The largest absolute Gasteiger partial charge is 0.477 e. The van der Waals surface area contributed by atoms with Crippen LogP contribution in [0.3, 0.4) is 0 Å². The third-order valence-corrected chi connectivity index (χ3v) is 3.40. The maximum Gasteiger partial charge on any atom is 0.354 e. The van der Waals surface area contributed by atoms with Crippen LogP contribution in [-0.2, 0) is 12.8 Å². The number of anilines is 1. The number of carboxylic acids is 1. The van der Waals surface area contributed by atoms with Crippen molar-refractivity contribution < 1.29 is 9.90 Å². The summed E-state index contributed by atoms with van der Waals surface area (Å²) in [6, 6.07) is 5.99. The molecule has 4 N–H and O–H groups in total. The molecule has 0 bridgehead atoms. The van der Waals surface area contributed by atoms with E-state index in [0.29, 0.717) is 5.56 Å². The molecule has 1 aliphatic carbocycles. The van der Waals surface area contributed by atoms with Crippen molar-refractivity contribution in [2.75, 3.05) is 5.73 Å². The molecule has 5 nitrogen and oxygen atoms in total. The molecular formula is C13H13N3O2. The number of rotatable bonds is 2. The summed E-state index contributed by atoms with van der Waals surface area (Å²) in [5.41, 5.74) is 9.73. The van der Waals surface area contributed by atoms with E-state index in [9.17, 15) is 4.79 Å². The quantitative estimate of drug-likeness (QED) is 0.750. The van der Waals surface area contributed by atoms with Crippen LogP contribution in [0.2, 0.25) is 0 Å². The minimum Gasteiger partial charge on any atom is -0.477 e. The highest BCUT2D eigenvalue weighted by Crippen LogP contribution is 2.32. The van der Waals surface area contributed by atoms with E-state index in [0.717, 1.165) is 24.8 Å². The smallest absolute Gasteiger partial charge is 0.354 e. The van der Waals surface area contributed by atoms with Crippen molar-refractivity contribution >= 4 is 11.8 Å². The molecule has 1 heterocycles. The third-order valence-electron chi connectivity index (χ3n) is 3.40. The summed E-state index contributed by atoms with van der Waals surface area (Å²) >= 11 is 0. The van der Waals surface area contributed by atoms with Gasteiger partial charge in [0.1, 0.15) is 0 Å². The normalized spacial score (nSPS) is 13.6. The number of nitrogens with zero attached hydrogens (tertiary/aromatic N) is 1. The molecule has 0 fully saturated rings. The van der Waals surface area contributed by atoms with Crippen molar-refractivity contribution in [1.82, 2.24) is 10.2 Å². The number of nitrogen functional groups attached to an aromatic ring is 1. The van der Waals surface area contributed by atoms with Crippen LogP contribution in [0.25, 0.3) is 11.1 Å². The SMILES string of the molecule is Nc1n[nH]c(C(=O)O)c1-c1ccc2c(c1)CCC2. The molecule has 5 heteroatoms. The van der Waals surface area contributed by atoms with Gasteiger partial charge in [0.05, 0.1) is 5.56 Å². The van der Waals surface area contributed by atoms with Crippen LogP contribution in [0.5, 0.6) is 0 Å². The van der Waals surface area contributed by atoms with E-state index < -0.39 is 5.97 Å². The Kier molecular flexibility index (Phi) is 2.33. The van der Waals surface area contributed by atoms with Gasteiger partial charge in [-0.25, -0.2) is 4.79 Å². The van der Waals surface area contributed by atoms with Crippen LogP contribution >= 0.6 is 0 Å². The van der Waals surface area contributed by atoms with Crippen molar-refractivity contribution in [3.05, 3.63) is 35.0 Å². The van der Waals surface area contributed by atoms with E-state index in [1.54, 1.807) is 0 Å². The molecule has 0 atom stereocenters. The van der Waals surface area contributed by atoms with Crippen molar-refractivity contribution in [1.29, 1.82) is 0 Å². The summed E-state index contributed by atoms with van der Waals surface area (Å²) in [6.07, 6.45) is 3.30. The maximum atomic E-state index is 11.1.